The van der Waals surface area contributed by atoms with Gasteiger partial charge >= 0.3 is 0 Å². The number of hydrogen-bond donors (Lipinski definition) is 1. The van der Waals surface area contributed by atoms with E-state index in [0.717, 1.165) is 19.5 Å². The quantitative estimate of drug-likeness (QED) is 0.772. The number of nitrogens with zero attached hydrogens (tertiary/aromatic N) is 3. The molecule has 0 fully saturated rings. The van der Waals surface area contributed by atoms with Gasteiger partial charge in [0, 0.05) is 36.0 Å². The highest BCUT2D eigenvalue weighted by atomic mass is 15.3. The van der Waals surface area contributed by atoms with Crippen molar-refractivity contribution in [3.63, 3.8) is 0 Å². The molecule has 0 radical (unpaired) electrons. The molecule has 104 valence electrons. The molecule has 4 nitrogen and oxygen atoms in total. The topological polar surface area (TPSA) is 36.9 Å². The van der Waals surface area contributed by atoms with E-state index < -0.39 is 0 Å². The molecule has 3 rings (SSSR count). The lowest BCUT2D eigenvalue weighted by atomic mass is 10.1. The van der Waals surface area contributed by atoms with E-state index in [1.807, 2.05) is 23.1 Å². The summed E-state index contributed by atoms with van der Waals surface area (Å²) in [5.74, 6) is 0. The van der Waals surface area contributed by atoms with Gasteiger partial charge < -0.3 is 9.88 Å². The van der Waals surface area contributed by atoms with Gasteiger partial charge in [-0.3, -0.25) is 4.68 Å². The molecule has 0 spiro atoms. The fraction of sp³-hybridized carbons (Fsp3) is 0.312. The average molecular weight is 268 g/mol. The Morgan fingerprint density at radius 2 is 2.20 bits per heavy atom. The normalized spacial score (nSPS) is 11.6. The maximum Gasteiger partial charge on any atom is 0.0659 e. The predicted octanol–water partition coefficient (Wildman–Crippen LogP) is 2.52. The van der Waals surface area contributed by atoms with E-state index in [9.17, 15) is 0 Å². The summed E-state index contributed by atoms with van der Waals surface area (Å²) >= 11 is 0. The van der Waals surface area contributed by atoms with Crippen LogP contribution in [-0.4, -0.2) is 40.3 Å². The minimum absolute atomic E-state index is 0.821. The van der Waals surface area contributed by atoms with Crippen LogP contribution in [-0.2, 0) is 13.0 Å². The summed E-state index contributed by atoms with van der Waals surface area (Å²) in [6, 6.07) is 8.55. The molecule has 0 saturated carbocycles. The average Bonchev–Trinajstić information content (AvgIpc) is 3.05. The standard InChI is InChI=1S/C16H20N4/c1-19(2)9-6-14-11-17-16-5-4-13(10-15(14)16)12-20-8-3-7-18-20/h3-5,7-8,10-11,17H,6,9,12H2,1-2H3. The van der Waals surface area contributed by atoms with Crippen LogP contribution < -0.4 is 0 Å². The SMILES string of the molecule is CN(C)CCc1c[nH]c2ccc(Cn3cccn3)cc12. The van der Waals surface area contributed by atoms with Gasteiger partial charge in [-0.05, 0) is 49.8 Å². The minimum atomic E-state index is 0.821. The molecule has 20 heavy (non-hydrogen) atoms. The fourth-order valence-corrected chi connectivity index (χ4v) is 2.46. The van der Waals surface area contributed by atoms with Crippen molar-refractivity contribution in [1.29, 1.82) is 0 Å². The second kappa shape index (κ2) is 5.51. The van der Waals surface area contributed by atoms with E-state index >= 15 is 0 Å². The van der Waals surface area contributed by atoms with Crippen molar-refractivity contribution in [2.24, 2.45) is 0 Å². The molecule has 1 aromatic carbocycles. The Morgan fingerprint density at radius 1 is 1.30 bits per heavy atom. The smallest absolute Gasteiger partial charge is 0.0659 e. The van der Waals surface area contributed by atoms with Crippen molar-refractivity contribution in [1.82, 2.24) is 19.7 Å². The Balaban J connectivity index is 1.86. The zero-order valence-corrected chi connectivity index (χ0v) is 12.0. The number of hydrogen-bond acceptors (Lipinski definition) is 2. The van der Waals surface area contributed by atoms with Crippen LogP contribution in [0.25, 0.3) is 10.9 Å². The van der Waals surface area contributed by atoms with E-state index in [-0.39, 0.29) is 0 Å². The van der Waals surface area contributed by atoms with E-state index in [2.05, 4.69) is 53.5 Å². The molecule has 0 unspecified atom stereocenters. The summed E-state index contributed by atoms with van der Waals surface area (Å²) in [5, 5.41) is 5.59. The van der Waals surface area contributed by atoms with Crippen molar-refractivity contribution in [3.05, 3.63) is 54.0 Å². The van der Waals surface area contributed by atoms with E-state index in [4.69, 9.17) is 0 Å². The number of benzene rings is 1. The molecule has 0 atom stereocenters. The third kappa shape index (κ3) is 2.75. The molecule has 0 aliphatic rings. The lowest BCUT2D eigenvalue weighted by Gasteiger charge is -2.08. The lowest BCUT2D eigenvalue weighted by molar-refractivity contribution is 0.414. The molecular weight excluding hydrogens is 248 g/mol. The third-order valence-electron chi connectivity index (χ3n) is 3.56. The van der Waals surface area contributed by atoms with Gasteiger partial charge in [0.05, 0.1) is 6.54 Å². The summed E-state index contributed by atoms with van der Waals surface area (Å²) in [5.41, 5.74) is 3.88. The summed E-state index contributed by atoms with van der Waals surface area (Å²) < 4.78 is 1.95. The first-order chi connectivity index (χ1) is 9.72. The molecule has 0 saturated heterocycles. The highest BCUT2D eigenvalue weighted by Crippen LogP contribution is 2.21. The molecular formula is C16H20N4. The molecule has 0 amide bonds. The third-order valence-corrected chi connectivity index (χ3v) is 3.56. The van der Waals surface area contributed by atoms with Gasteiger partial charge in [-0.15, -0.1) is 0 Å². The summed E-state index contributed by atoms with van der Waals surface area (Å²) in [6.07, 6.45) is 7.01. The Morgan fingerprint density at radius 3 is 2.95 bits per heavy atom. The maximum absolute atomic E-state index is 4.26. The van der Waals surface area contributed by atoms with Crippen LogP contribution in [0.4, 0.5) is 0 Å². The number of aromatic nitrogens is 3. The van der Waals surface area contributed by atoms with Crippen LogP contribution in [0.2, 0.25) is 0 Å². The zero-order chi connectivity index (χ0) is 13.9. The highest BCUT2D eigenvalue weighted by molar-refractivity contribution is 5.83. The number of nitrogens with one attached hydrogen (secondary N) is 1. The molecule has 0 aliphatic carbocycles. The van der Waals surface area contributed by atoms with Crippen LogP contribution in [0.1, 0.15) is 11.1 Å². The molecule has 2 heterocycles. The van der Waals surface area contributed by atoms with Crippen molar-refractivity contribution in [2.45, 2.75) is 13.0 Å². The van der Waals surface area contributed by atoms with Crippen LogP contribution in [0, 0.1) is 0 Å². The van der Waals surface area contributed by atoms with Gasteiger partial charge in [0.25, 0.3) is 0 Å². The number of rotatable bonds is 5. The monoisotopic (exact) mass is 268 g/mol. The van der Waals surface area contributed by atoms with Gasteiger partial charge in [-0.1, -0.05) is 6.07 Å². The highest BCUT2D eigenvalue weighted by Gasteiger charge is 2.05. The molecule has 1 N–H and O–H groups in total. The first-order valence-corrected chi connectivity index (χ1v) is 6.93. The van der Waals surface area contributed by atoms with Crippen molar-refractivity contribution in [2.75, 3.05) is 20.6 Å². The van der Waals surface area contributed by atoms with Crippen molar-refractivity contribution >= 4 is 10.9 Å². The van der Waals surface area contributed by atoms with Gasteiger partial charge in [-0.2, -0.15) is 5.10 Å². The number of aromatic amines is 1. The van der Waals surface area contributed by atoms with Gasteiger partial charge in [-0.25, -0.2) is 0 Å². The van der Waals surface area contributed by atoms with Crippen molar-refractivity contribution in [3.8, 4) is 0 Å². The lowest BCUT2D eigenvalue weighted by Crippen LogP contribution is -2.14. The summed E-state index contributed by atoms with van der Waals surface area (Å²) in [6.45, 7) is 1.89. The van der Waals surface area contributed by atoms with Gasteiger partial charge in [0.15, 0.2) is 0 Å². The predicted molar refractivity (Wildman–Crippen MR) is 81.9 cm³/mol. The first-order valence-electron chi connectivity index (χ1n) is 6.93. The second-order valence-corrected chi connectivity index (χ2v) is 5.45. The fourth-order valence-electron chi connectivity index (χ4n) is 2.46. The largest absolute Gasteiger partial charge is 0.361 e. The van der Waals surface area contributed by atoms with Gasteiger partial charge in [0.2, 0.25) is 0 Å². The van der Waals surface area contributed by atoms with Crippen LogP contribution in [0.15, 0.2) is 42.9 Å². The Kier molecular flexibility index (Phi) is 3.56. The molecule has 2 aromatic heterocycles. The second-order valence-electron chi connectivity index (χ2n) is 5.45. The first kappa shape index (κ1) is 12.9. The molecule has 4 heteroatoms. The number of H-pyrrole nitrogens is 1. The van der Waals surface area contributed by atoms with E-state index in [1.54, 1.807) is 0 Å². The summed E-state index contributed by atoms with van der Waals surface area (Å²) in [7, 11) is 4.22. The minimum Gasteiger partial charge on any atom is -0.361 e. The van der Waals surface area contributed by atoms with Crippen LogP contribution in [0.3, 0.4) is 0 Å². The maximum atomic E-state index is 4.26. The molecule has 0 bridgehead atoms. The molecule has 3 aromatic rings. The van der Waals surface area contributed by atoms with Crippen molar-refractivity contribution < 1.29 is 0 Å². The Bertz CT molecular complexity index is 680. The van der Waals surface area contributed by atoms with Gasteiger partial charge in [0.1, 0.15) is 0 Å². The Hall–Kier alpha value is -2.07. The number of fused-ring (bicyclic) bond motifs is 1. The van der Waals surface area contributed by atoms with Crippen LogP contribution >= 0.6 is 0 Å². The number of likely N-dealkylation sites (N-methyl/N-ethyl adjacent to an activating group) is 1. The van der Waals surface area contributed by atoms with E-state index in [0.29, 0.717) is 0 Å². The Labute approximate surface area is 119 Å². The summed E-state index contributed by atoms with van der Waals surface area (Å²) in [4.78, 5) is 5.57. The van der Waals surface area contributed by atoms with E-state index in [1.165, 1.54) is 22.0 Å². The zero-order valence-electron chi connectivity index (χ0n) is 12.0. The molecule has 0 aliphatic heterocycles. The van der Waals surface area contributed by atoms with Crippen LogP contribution in [0.5, 0.6) is 0 Å².